The molecule has 0 aromatic heterocycles. The molecule has 3 heterocycles. The van der Waals surface area contributed by atoms with Crippen molar-refractivity contribution in [2.24, 2.45) is 5.92 Å². The van der Waals surface area contributed by atoms with E-state index in [0.717, 1.165) is 32.5 Å². The highest BCUT2D eigenvalue weighted by atomic mass is 32.2. The first kappa shape index (κ1) is 13.8. The normalized spacial score (nSPS) is 36.4. The lowest BCUT2D eigenvalue weighted by Crippen LogP contribution is -2.58. The highest BCUT2D eigenvalue weighted by molar-refractivity contribution is 7.90. The van der Waals surface area contributed by atoms with Crippen LogP contribution >= 0.6 is 0 Å². The zero-order chi connectivity index (χ0) is 13.5. The minimum absolute atomic E-state index is 0.135. The molecular formula is C13H25N3O2S. The van der Waals surface area contributed by atoms with Gasteiger partial charge in [0.1, 0.15) is 0 Å². The summed E-state index contributed by atoms with van der Waals surface area (Å²) in [6.07, 6.45) is 4.67. The quantitative estimate of drug-likeness (QED) is 0.729. The van der Waals surface area contributed by atoms with Crippen LogP contribution in [0.3, 0.4) is 0 Å². The molecule has 4 aliphatic rings. The molecule has 0 radical (unpaired) electrons. The maximum Gasteiger partial charge on any atom is 0.215 e. The first-order valence-electron chi connectivity index (χ1n) is 7.51. The van der Waals surface area contributed by atoms with Gasteiger partial charge in [0.25, 0.3) is 0 Å². The molecule has 3 saturated heterocycles. The van der Waals surface area contributed by atoms with Gasteiger partial charge in [0.05, 0.1) is 5.25 Å². The molecule has 110 valence electrons. The third kappa shape index (κ3) is 3.29. The molecule has 2 atom stereocenters. The molecule has 0 amide bonds. The van der Waals surface area contributed by atoms with Crippen LogP contribution in [-0.2, 0) is 10.0 Å². The van der Waals surface area contributed by atoms with E-state index < -0.39 is 10.0 Å². The summed E-state index contributed by atoms with van der Waals surface area (Å²) in [5.74, 6) is 0.545. The number of nitrogens with one attached hydrogen (secondary N) is 2. The molecule has 0 spiro atoms. The van der Waals surface area contributed by atoms with E-state index in [1.165, 1.54) is 12.8 Å². The Balaban J connectivity index is 1.54. The number of nitrogens with zero attached hydrogens (tertiary/aromatic N) is 1. The Morgan fingerprint density at radius 3 is 2.42 bits per heavy atom. The Morgan fingerprint density at radius 2 is 1.89 bits per heavy atom. The maximum absolute atomic E-state index is 12.3. The van der Waals surface area contributed by atoms with Crippen LogP contribution in [0, 0.1) is 5.92 Å². The molecule has 4 rings (SSSR count). The Labute approximate surface area is 116 Å². The minimum atomic E-state index is -3.19. The molecule has 6 heteroatoms. The van der Waals surface area contributed by atoms with Crippen molar-refractivity contribution in [3.8, 4) is 0 Å². The molecule has 1 saturated carbocycles. The predicted octanol–water partition coefficient (Wildman–Crippen LogP) is 0.141. The van der Waals surface area contributed by atoms with Crippen LogP contribution in [0.1, 0.15) is 32.6 Å². The third-order valence-electron chi connectivity index (χ3n) is 4.77. The van der Waals surface area contributed by atoms with Crippen LogP contribution in [0.25, 0.3) is 0 Å². The van der Waals surface area contributed by atoms with Crippen molar-refractivity contribution < 1.29 is 8.42 Å². The second-order valence-corrected chi connectivity index (χ2v) is 8.53. The average molecular weight is 287 g/mol. The molecule has 2 bridgehead atoms. The van der Waals surface area contributed by atoms with Gasteiger partial charge in [-0.25, -0.2) is 13.1 Å². The van der Waals surface area contributed by atoms with E-state index in [2.05, 4.69) is 14.9 Å². The van der Waals surface area contributed by atoms with Crippen molar-refractivity contribution in [2.45, 2.75) is 49.9 Å². The average Bonchev–Trinajstić information content (AvgIpc) is 3.21. The van der Waals surface area contributed by atoms with Crippen LogP contribution in [0.5, 0.6) is 0 Å². The molecule has 0 aromatic rings. The monoisotopic (exact) mass is 287 g/mol. The Bertz CT molecular complexity index is 414. The van der Waals surface area contributed by atoms with Crippen LogP contribution in [-0.4, -0.2) is 56.8 Å². The van der Waals surface area contributed by atoms with Gasteiger partial charge in [-0.2, -0.15) is 0 Å². The Kier molecular flexibility index (Phi) is 3.86. The predicted molar refractivity (Wildman–Crippen MR) is 75.5 cm³/mol. The number of rotatable bonds is 6. The van der Waals surface area contributed by atoms with Crippen molar-refractivity contribution in [1.82, 2.24) is 14.9 Å². The zero-order valence-electron chi connectivity index (χ0n) is 11.6. The van der Waals surface area contributed by atoms with Crippen LogP contribution in [0.2, 0.25) is 0 Å². The molecule has 4 fully saturated rings. The Hall–Kier alpha value is -0.170. The van der Waals surface area contributed by atoms with Gasteiger partial charge in [0.2, 0.25) is 10.0 Å². The summed E-state index contributed by atoms with van der Waals surface area (Å²) in [6.45, 7) is 5.55. The van der Waals surface area contributed by atoms with Crippen LogP contribution < -0.4 is 10.0 Å². The SMILES string of the molecule is CC(CNC1CC1)S(=O)(=O)NC1CN2CCC1CC2. The van der Waals surface area contributed by atoms with Gasteiger partial charge in [0, 0.05) is 25.2 Å². The van der Waals surface area contributed by atoms with E-state index in [4.69, 9.17) is 0 Å². The summed E-state index contributed by atoms with van der Waals surface area (Å²) < 4.78 is 27.6. The first-order valence-corrected chi connectivity index (χ1v) is 9.06. The fraction of sp³-hybridized carbons (Fsp3) is 1.00. The van der Waals surface area contributed by atoms with E-state index in [1.54, 1.807) is 6.92 Å². The number of hydrogen-bond donors (Lipinski definition) is 2. The van der Waals surface area contributed by atoms with Crippen molar-refractivity contribution in [1.29, 1.82) is 0 Å². The minimum Gasteiger partial charge on any atom is -0.313 e. The number of piperidine rings is 3. The van der Waals surface area contributed by atoms with Crippen molar-refractivity contribution >= 4 is 10.0 Å². The number of fused-ring (bicyclic) bond motifs is 3. The molecular weight excluding hydrogens is 262 g/mol. The summed E-state index contributed by atoms with van der Waals surface area (Å²) in [6, 6.07) is 0.699. The van der Waals surface area contributed by atoms with Gasteiger partial charge in [-0.3, -0.25) is 0 Å². The molecule has 19 heavy (non-hydrogen) atoms. The van der Waals surface area contributed by atoms with Gasteiger partial charge in [-0.05, 0) is 51.6 Å². The lowest BCUT2D eigenvalue weighted by atomic mass is 9.85. The molecule has 2 N–H and O–H groups in total. The van der Waals surface area contributed by atoms with E-state index in [9.17, 15) is 8.42 Å². The Morgan fingerprint density at radius 1 is 1.21 bits per heavy atom. The summed E-state index contributed by atoms with van der Waals surface area (Å²) in [7, 11) is -3.19. The lowest BCUT2D eigenvalue weighted by molar-refractivity contribution is 0.0826. The molecule has 1 aliphatic carbocycles. The highest BCUT2D eigenvalue weighted by Crippen LogP contribution is 2.28. The van der Waals surface area contributed by atoms with Crippen LogP contribution in [0.15, 0.2) is 0 Å². The second kappa shape index (κ2) is 5.31. The van der Waals surface area contributed by atoms with Gasteiger partial charge in [0.15, 0.2) is 0 Å². The molecule has 2 unspecified atom stereocenters. The molecule has 5 nitrogen and oxygen atoms in total. The highest BCUT2D eigenvalue weighted by Gasteiger charge is 2.37. The summed E-state index contributed by atoms with van der Waals surface area (Å²) >= 11 is 0. The third-order valence-corrected chi connectivity index (χ3v) is 6.63. The molecule has 3 aliphatic heterocycles. The van der Waals surface area contributed by atoms with Gasteiger partial charge >= 0.3 is 0 Å². The van der Waals surface area contributed by atoms with Gasteiger partial charge in [-0.15, -0.1) is 0 Å². The van der Waals surface area contributed by atoms with E-state index >= 15 is 0 Å². The maximum atomic E-state index is 12.3. The number of sulfonamides is 1. The van der Waals surface area contributed by atoms with E-state index in [-0.39, 0.29) is 11.3 Å². The molecule has 0 aromatic carbocycles. The largest absolute Gasteiger partial charge is 0.313 e. The summed E-state index contributed by atoms with van der Waals surface area (Å²) in [5.41, 5.74) is 0. The second-order valence-electron chi connectivity index (χ2n) is 6.40. The smallest absolute Gasteiger partial charge is 0.215 e. The fourth-order valence-corrected chi connectivity index (χ4v) is 4.39. The topological polar surface area (TPSA) is 61.4 Å². The lowest BCUT2D eigenvalue weighted by Gasteiger charge is -2.45. The summed E-state index contributed by atoms with van der Waals surface area (Å²) in [5, 5.41) is 2.96. The zero-order valence-corrected chi connectivity index (χ0v) is 12.5. The van der Waals surface area contributed by atoms with E-state index in [1.807, 2.05) is 0 Å². The number of hydrogen-bond acceptors (Lipinski definition) is 4. The fourth-order valence-electron chi connectivity index (χ4n) is 3.16. The standard InChI is InChI=1S/C13H25N3O2S/c1-10(8-14-12-2-3-12)19(17,18)15-13-9-16-6-4-11(13)5-7-16/h10-15H,2-9H2,1H3. The van der Waals surface area contributed by atoms with Gasteiger partial charge < -0.3 is 10.2 Å². The van der Waals surface area contributed by atoms with Crippen LogP contribution in [0.4, 0.5) is 0 Å². The van der Waals surface area contributed by atoms with E-state index in [0.29, 0.717) is 18.5 Å². The van der Waals surface area contributed by atoms with Crippen molar-refractivity contribution in [2.75, 3.05) is 26.2 Å². The van der Waals surface area contributed by atoms with Crippen molar-refractivity contribution in [3.05, 3.63) is 0 Å². The van der Waals surface area contributed by atoms with Crippen molar-refractivity contribution in [3.63, 3.8) is 0 Å². The summed E-state index contributed by atoms with van der Waals surface area (Å²) in [4.78, 5) is 2.38. The van der Waals surface area contributed by atoms with Gasteiger partial charge in [-0.1, -0.05) is 0 Å². The first-order chi connectivity index (χ1) is 9.04.